The number of likely N-dealkylation sites (N-methyl/N-ethyl adjacent to an activating group) is 1. The molecule has 5 amide bonds. The second-order valence-corrected chi connectivity index (χ2v) is 9.94. The van der Waals surface area contributed by atoms with Gasteiger partial charge in [-0.15, -0.1) is 0 Å². The van der Waals surface area contributed by atoms with Crippen molar-refractivity contribution in [1.29, 1.82) is 0 Å². The second-order valence-electron chi connectivity index (χ2n) is 9.94. The summed E-state index contributed by atoms with van der Waals surface area (Å²) in [6.45, 7) is 6.50. The van der Waals surface area contributed by atoms with Gasteiger partial charge in [0, 0.05) is 38.3 Å². The van der Waals surface area contributed by atoms with E-state index in [4.69, 9.17) is 4.74 Å². The Morgan fingerprint density at radius 1 is 1.03 bits per heavy atom. The van der Waals surface area contributed by atoms with Crippen LogP contribution in [0.5, 0.6) is 0 Å². The average molecular weight is 471 g/mol. The first kappa shape index (κ1) is 23.7. The first-order chi connectivity index (χ1) is 16.0. The number of hydrogen-bond donors (Lipinski definition) is 1. The van der Waals surface area contributed by atoms with E-state index >= 15 is 0 Å². The number of carbonyl (C=O) groups excluding carboxylic acids is 5. The highest BCUT2D eigenvalue weighted by molar-refractivity contribution is 6.25. The molecule has 0 spiro atoms. The highest BCUT2D eigenvalue weighted by Crippen LogP contribution is 2.34. The molecule has 2 saturated heterocycles. The van der Waals surface area contributed by atoms with E-state index in [-0.39, 0.29) is 42.0 Å². The lowest BCUT2D eigenvalue weighted by Crippen LogP contribution is -2.54. The van der Waals surface area contributed by atoms with Crippen LogP contribution in [0.2, 0.25) is 0 Å². The first-order valence-corrected chi connectivity index (χ1v) is 11.5. The number of anilines is 1. The third-order valence-electron chi connectivity index (χ3n) is 6.39. The molecule has 3 aliphatic rings. The number of likely N-dealkylation sites (tertiary alicyclic amines) is 2. The highest BCUT2D eigenvalue weighted by atomic mass is 16.6. The summed E-state index contributed by atoms with van der Waals surface area (Å²) < 4.78 is 5.44. The molecular weight excluding hydrogens is 440 g/mol. The summed E-state index contributed by atoms with van der Waals surface area (Å²) in [5, 5.41) is 3.36. The molecule has 0 bridgehead atoms. The van der Waals surface area contributed by atoms with Gasteiger partial charge in [0.05, 0.1) is 11.1 Å². The number of hydrogen-bond acceptors (Lipinski definition) is 7. The Morgan fingerprint density at radius 3 is 2.35 bits per heavy atom. The van der Waals surface area contributed by atoms with Gasteiger partial charge >= 0.3 is 6.09 Å². The average Bonchev–Trinajstić information content (AvgIpc) is 3.03. The summed E-state index contributed by atoms with van der Waals surface area (Å²) >= 11 is 0. The lowest BCUT2D eigenvalue weighted by atomic mass is 10.0. The molecule has 1 aromatic rings. The zero-order valence-electron chi connectivity index (χ0n) is 19.9. The Kier molecular flexibility index (Phi) is 6.09. The van der Waals surface area contributed by atoms with E-state index < -0.39 is 29.4 Å². The Balaban J connectivity index is 1.47. The number of piperidine rings is 2. The van der Waals surface area contributed by atoms with E-state index in [1.54, 1.807) is 23.1 Å². The van der Waals surface area contributed by atoms with E-state index in [0.29, 0.717) is 31.6 Å². The Morgan fingerprint density at radius 2 is 1.71 bits per heavy atom. The van der Waals surface area contributed by atoms with Gasteiger partial charge in [-0.1, -0.05) is 6.07 Å². The number of carbonyl (C=O) groups is 5. The number of fused-ring (bicyclic) bond motifs is 1. The van der Waals surface area contributed by atoms with Crippen LogP contribution in [0.4, 0.5) is 10.5 Å². The number of rotatable bonds is 3. The lowest BCUT2D eigenvalue weighted by Gasteiger charge is -2.34. The molecule has 182 valence electrons. The smallest absolute Gasteiger partial charge is 0.410 e. The topological polar surface area (TPSA) is 116 Å². The van der Waals surface area contributed by atoms with E-state index in [1.807, 2.05) is 20.8 Å². The van der Waals surface area contributed by atoms with Gasteiger partial charge in [0.2, 0.25) is 5.91 Å². The summed E-state index contributed by atoms with van der Waals surface area (Å²) in [6.07, 6.45) is 1.19. The summed E-state index contributed by atoms with van der Waals surface area (Å²) in [6, 6.07) is 4.03. The Labute approximate surface area is 198 Å². The molecule has 1 atom stereocenters. The maximum atomic E-state index is 13.3. The van der Waals surface area contributed by atoms with Gasteiger partial charge in [-0.3, -0.25) is 29.0 Å². The molecule has 10 nitrogen and oxygen atoms in total. The molecule has 1 unspecified atom stereocenters. The van der Waals surface area contributed by atoms with Crippen molar-refractivity contribution in [2.24, 2.45) is 0 Å². The summed E-state index contributed by atoms with van der Waals surface area (Å²) in [7, 11) is 1.37. The van der Waals surface area contributed by atoms with Crippen LogP contribution >= 0.6 is 0 Å². The molecule has 34 heavy (non-hydrogen) atoms. The number of ether oxygens (including phenoxy) is 1. The molecule has 0 radical (unpaired) electrons. The number of nitrogens with one attached hydrogen (secondary N) is 1. The number of nitrogens with zero attached hydrogens (tertiary/aromatic N) is 3. The summed E-state index contributed by atoms with van der Waals surface area (Å²) in [5.74, 6) is -1.92. The van der Waals surface area contributed by atoms with Crippen molar-refractivity contribution in [2.45, 2.75) is 64.1 Å². The Hall–Kier alpha value is -3.43. The zero-order valence-corrected chi connectivity index (χ0v) is 19.9. The van der Waals surface area contributed by atoms with Crippen molar-refractivity contribution < 1.29 is 28.7 Å². The van der Waals surface area contributed by atoms with E-state index in [2.05, 4.69) is 5.32 Å². The van der Waals surface area contributed by atoms with Gasteiger partial charge in [-0.2, -0.15) is 0 Å². The van der Waals surface area contributed by atoms with Crippen LogP contribution in [0, 0.1) is 0 Å². The minimum absolute atomic E-state index is 0.00204. The van der Waals surface area contributed by atoms with Crippen molar-refractivity contribution in [3.8, 4) is 0 Å². The molecule has 0 aromatic heterocycles. The van der Waals surface area contributed by atoms with Crippen LogP contribution in [0.1, 0.15) is 67.2 Å². The molecule has 4 rings (SSSR count). The van der Waals surface area contributed by atoms with Gasteiger partial charge in [-0.05, 0) is 52.2 Å². The second kappa shape index (κ2) is 8.73. The van der Waals surface area contributed by atoms with Gasteiger partial charge in [-0.25, -0.2) is 4.79 Å². The minimum Gasteiger partial charge on any atom is -0.444 e. The minimum atomic E-state index is -0.986. The van der Waals surface area contributed by atoms with E-state index in [9.17, 15) is 24.0 Å². The van der Waals surface area contributed by atoms with E-state index in [0.717, 1.165) is 9.80 Å². The van der Waals surface area contributed by atoms with Crippen LogP contribution in [-0.2, 0) is 14.3 Å². The molecule has 0 saturated carbocycles. The fourth-order valence-electron chi connectivity index (χ4n) is 4.60. The van der Waals surface area contributed by atoms with Crippen LogP contribution in [0.15, 0.2) is 18.2 Å². The SMILES string of the molecule is CN1C(=O)CCC(N2C(=O)c3cccc(NC4CCN(C(=O)OC(C)(C)C)CC4)c3C2=O)C1=O. The van der Waals surface area contributed by atoms with Crippen LogP contribution < -0.4 is 5.32 Å². The summed E-state index contributed by atoms with van der Waals surface area (Å²) in [4.78, 5) is 66.8. The predicted octanol–water partition coefficient (Wildman–Crippen LogP) is 2.24. The van der Waals surface area contributed by atoms with Crippen LogP contribution in [-0.4, -0.2) is 82.2 Å². The maximum absolute atomic E-state index is 13.3. The van der Waals surface area contributed by atoms with Gasteiger partial charge in [0.15, 0.2) is 0 Å². The monoisotopic (exact) mass is 470 g/mol. The molecule has 3 heterocycles. The van der Waals surface area contributed by atoms with E-state index in [1.165, 1.54) is 7.05 Å². The molecular formula is C24H30N4O6. The van der Waals surface area contributed by atoms with Gasteiger partial charge in [0.1, 0.15) is 11.6 Å². The number of imide groups is 2. The molecule has 2 fully saturated rings. The molecule has 10 heteroatoms. The molecule has 0 aliphatic carbocycles. The summed E-state index contributed by atoms with van der Waals surface area (Å²) in [5.41, 5.74) is 0.460. The lowest BCUT2D eigenvalue weighted by molar-refractivity contribution is -0.149. The predicted molar refractivity (Wildman–Crippen MR) is 122 cm³/mol. The largest absolute Gasteiger partial charge is 0.444 e. The molecule has 3 aliphatic heterocycles. The fourth-order valence-corrected chi connectivity index (χ4v) is 4.60. The van der Waals surface area contributed by atoms with Crippen molar-refractivity contribution in [3.05, 3.63) is 29.3 Å². The first-order valence-electron chi connectivity index (χ1n) is 11.5. The number of benzene rings is 1. The van der Waals surface area contributed by atoms with Crippen molar-refractivity contribution in [1.82, 2.24) is 14.7 Å². The fraction of sp³-hybridized carbons (Fsp3) is 0.542. The quantitative estimate of drug-likeness (QED) is 0.674. The molecule has 1 N–H and O–H groups in total. The third kappa shape index (κ3) is 4.36. The van der Waals surface area contributed by atoms with Crippen molar-refractivity contribution >= 4 is 35.4 Å². The number of amides is 5. The van der Waals surface area contributed by atoms with Crippen molar-refractivity contribution in [2.75, 3.05) is 25.5 Å². The standard InChI is InChI=1S/C24H30N4O6/c1-24(2,3)34-23(33)27-12-10-14(11-13-27)25-16-7-5-6-15-19(16)22(32)28(20(15)30)17-8-9-18(29)26(4)21(17)31/h5-7,14,17,25H,8-13H2,1-4H3. The van der Waals surface area contributed by atoms with Crippen LogP contribution in [0.25, 0.3) is 0 Å². The third-order valence-corrected chi connectivity index (χ3v) is 6.39. The maximum Gasteiger partial charge on any atom is 0.410 e. The highest BCUT2D eigenvalue weighted by Gasteiger charge is 2.47. The van der Waals surface area contributed by atoms with Gasteiger partial charge in [0.25, 0.3) is 17.7 Å². The Bertz CT molecular complexity index is 1050. The van der Waals surface area contributed by atoms with Crippen LogP contribution in [0.3, 0.4) is 0 Å². The zero-order chi connectivity index (χ0) is 24.8. The van der Waals surface area contributed by atoms with Crippen molar-refractivity contribution in [3.63, 3.8) is 0 Å². The normalized spacial score (nSPS) is 21.8. The molecule has 1 aromatic carbocycles. The van der Waals surface area contributed by atoms with Gasteiger partial charge < -0.3 is 15.0 Å².